The number of benzene rings is 2. The molecular formula is C18H18FNO4. The Balaban J connectivity index is 0.000000301. The van der Waals surface area contributed by atoms with Gasteiger partial charge in [-0.3, -0.25) is 4.90 Å². The smallest absolute Gasteiger partial charge is 0.414 e. The van der Waals surface area contributed by atoms with Crippen LogP contribution in [0, 0.1) is 5.82 Å². The van der Waals surface area contributed by atoms with Crippen molar-refractivity contribution >= 4 is 11.9 Å². The first-order chi connectivity index (χ1) is 11.5. The van der Waals surface area contributed by atoms with Crippen LogP contribution in [0.5, 0.6) is 0 Å². The highest BCUT2D eigenvalue weighted by molar-refractivity contribution is 6.27. The van der Waals surface area contributed by atoms with E-state index in [1.165, 1.54) is 17.2 Å². The molecule has 0 radical (unpaired) electrons. The molecule has 0 atom stereocenters. The van der Waals surface area contributed by atoms with Gasteiger partial charge in [0.25, 0.3) is 0 Å². The van der Waals surface area contributed by atoms with Crippen LogP contribution in [0.1, 0.15) is 16.7 Å². The predicted molar refractivity (Wildman–Crippen MR) is 85.9 cm³/mol. The molecule has 24 heavy (non-hydrogen) atoms. The van der Waals surface area contributed by atoms with E-state index in [2.05, 4.69) is 29.2 Å². The van der Waals surface area contributed by atoms with Crippen LogP contribution in [0.15, 0.2) is 48.5 Å². The first kappa shape index (κ1) is 17.6. The highest BCUT2D eigenvalue weighted by atomic mass is 19.1. The van der Waals surface area contributed by atoms with Crippen LogP contribution in [-0.2, 0) is 29.1 Å². The van der Waals surface area contributed by atoms with Gasteiger partial charge in [0, 0.05) is 25.2 Å². The van der Waals surface area contributed by atoms with E-state index in [0.29, 0.717) is 6.54 Å². The summed E-state index contributed by atoms with van der Waals surface area (Å²) in [6.45, 7) is 2.62. The first-order valence-corrected chi connectivity index (χ1v) is 7.46. The molecule has 1 heterocycles. The maximum absolute atomic E-state index is 13.6. The topological polar surface area (TPSA) is 77.8 Å². The number of carboxylic acid groups (broad SMARTS) is 2. The SMILES string of the molecule is Fc1ccccc1CN1CCc2ccccc2C1.O=C(O)C(=O)O. The van der Waals surface area contributed by atoms with Crippen LogP contribution in [0.25, 0.3) is 0 Å². The van der Waals surface area contributed by atoms with Gasteiger partial charge in [0.2, 0.25) is 0 Å². The maximum atomic E-state index is 13.6. The van der Waals surface area contributed by atoms with E-state index in [0.717, 1.165) is 25.1 Å². The lowest BCUT2D eigenvalue weighted by Crippen LogP contribution is -2.30. The molecule has 1 aliphatic rings. The van der Waals surface area contributed by atoms with Crippen LogP contribution in [-0.4, -0.2) is 33.6 Å². The number of hydrogen-bond acceptors (Lipinski definition) is 3. The Hall–Kier alpha value is -2.73. The van der Waals surface area contributed by atoms with Gasteiger partial charge < -0.3 is 10.2 Å². The number of carboxylic acids is 2. The second-order valence-electron chi connectivity index (χ2n) is 5.43. The van der Waals surface area contributed by atoms with Gasteiger partial charge in [0.15, 0.2) is 0 Å². The Morgan fingerprint density at radius 1 is 0.958 bits per heavy atom. The second kappa shape index (κ2) is 8.21. The van der Waals surface area contributed by atoms with Crippen LogP contribution in [0.2, 0.25) is 0 Å². The lowest BCUT2D eigenvalue weighted by atomic mass is 9.99. The van der Waals surface area contributed by atoms with Crippen LogP contribution >= 0.6 is 0 Å². The second-order valence-corrected chi connectivity index (χ2v) is 5.43. The minimum absolute atomic E-state index is 0.101. The number of hydrogen-bond donors (Lipinski definition) is 2. The summed E-state index contributed by atoms with van der Waals surface area (Å²) in [5.74, 6) is -3.75. The van der Waals surface area contributed by atoms with Gasteiger partial charge in [-0.2, -0.15) is 0 Å². The molecule has 0 aromatic heterocycles. The van der Waals surface area contributed by atoms with Crippen molar-refractivity contribution in [1.29, 1.82) is 0 Å². The zero-order valence-corrected chi connectivity index (χ0v) is 13.0. The average Bonchev–Trinajstić information content (AvgIpc) is 2.57. The standard InChI is InChI=1S/C16H16FN.C2H2O4/c17-16-8-4-3-7-15(16)12-18-10-9-13-5-1-2-6-14(13)11-18;3-1(4)2(5)6/h1-8H,9-12H2;(H,3,4)(H,5,6). The molecule has 0 amide bonds. The number of aliphatic carboxylic acids is 2. The molecular weight excluding hydrogens is 313 g/mol. The first-order valence-electron chi connectivity index (χ1n) is 7.46. The molecule has 0 aliphatic carbocycles. The predicted octanol–water partition coefficient (Wildman–Crippen LogP) is 2.54. The number of fused-ring (bicyclic) bond motifs is 1. The fourth-order valence-corrected chi connectivity index (χ4v) is 2.56. The van der Waals surface area contributed by atoms with Gasteiger partial charge >= 0.3 is 11.9 Å². The zero-order chi connectivity index (χ0) is 17.5. The van der Waals surface area contributed by atoms with Gasteiger partial charge in [0.1, 0.15) is 5.82 Å². The lowest BCUT2D eigenvalue weighted by molar-refractivity contribution is -0.159. The van der Waals surface area contributed by atoms with Crippen molar-refractivity contribution in [1.82, 2.24) is 4.90 Å². The third-order valence-electron chi connectivity index (χ3n) is 3.74. The monoisotopic (exact) mass is 331 g/mol. The summed E-state index contributed by atoms with van der Waals surface area (Å²) in [6, 6.07) is 15.6. The maximum Gasteiger partial charge on any atom is 0.414 e. The third kappa shape index (κ3) is 4.89. The van der Waals surface area contributed by atoms with Crippen molar-refractivity contribution < 1.29 is 24.2 Å². The molecule has 2 aromatic carbocycles. The van der Waals surface area contributed by atoms with E-state index < -0.39 is 11.9 Å². The minimum atomic E-state index is -1.82. The summed E-state index contributed by atoms with van der Waals surface area (Å²) in [5, 5.41) is 14.8. The van der Waals surface area contributed by atoms with Crippen molar-refractivity contribution in [2.45, 2.75) is 19.5 Å². The molecule has 0 spiro atoms. The zero-order valence-electron chi connectivity index (χ0n) is 13.0. The molecule has 5 nitrogen and oxygen atoms in total. The number of halogens is 1. The molecule has 2 N–H and O–H groups in total. The molecule has 0 bridgehead atoms. The largest absolute Gasteiger partial charge is 0.473 e. The highest BCUT2D eigenvalue weighted by Crippen LogP contribution is 2.20. The molecule has 6 heteroatoms. The summed E-state index contributed by atoms with van der Waals surface area (Å²) in [5.41, 5.74) is 3.60. The lowest BCUT2D eigenvalue weighted by Gasteiger charge is -2.28. The van der Waals surface area contributed by atoms with Crippen molar-refractivity contribution in [2.75, 3.05) is 6.54 Å². The van der Waals surface area contributed by atoms with Crippen LogP contribution < -0.4 is 0 Å². The van der Waals surface area contributed by atoms with E-state index in [4.69, 9.17) is 19.8 Å². The van der Waals surface area contributed by atoms with E-state index in [1.807, 2.05) is 12.1 Å². The van der Waals surface area contributed by atoms with Crippen molar-refractivity contribution in [3.05, 3.63) is 71.0 Å². The Morgan fingerprint density at radius 3 is 2.17 bits per heavy atom. The normalized spacial score (nSPS) is 13.4. The van der Waals surface area contributed by atoms with Gasteiger partial charge in [-0.15, -0.1) is 0 Å². The van der Waals surface area contributed by atoms with Gasteiger partial charge in [-0.05, 0) is 23.6 Å². The Morgan fingerprint density at radius 2 is 1.54 bits per heavy atom. The highest BCUT2D eigenvalue weighted by Gasteiger charge is 2.16. The fraction of sp³-hybridized carbons (Fsp3) is 0.222. The number of rotatable bonds is 2. The minimum Gasteiger partial charge on any atom is -0.473 e. The Bertz CT molecular complexity index is 720. The molecule has 0 fully saturated rings. The van der Waals surface area contributed by atoms with Crippen molar-refractivity contribution in [3.8, 4) is 0 Å². The molecule has 2 aromatic rings. The molecule has 0 saturated heterocycles. The van der Waals surface area contributed by atoms with Crippen molar-refractivity contribution in [3.63, 3.8) is 0 Å². The molecule has 1 aliphatic heterocycles. The quantitative estimate of drug-likeness (QED) is 0.827. The van der Waals surface area contributed by atoms with E-state index in [1.54, 1.807) is 6.07 Å². The fourth-order valence-electron chi connectivity index (χ4n) is 2.56. The van der Waals surface area contributed by atoms with E-state index in [9.17, 15) is 4.39 Å². The third-order valence-corrected chi connectivity index (χ3v) is 3.74. The number of carbonyl (C=O) groups is 2. The van der Waals surface area contributed by atoms with Crippen LogP contribution in [0.3, 0.4) is 0 Å². The Labute approximate surface area is 139 Å². The summed E-state index contributed by atoms with van der Waals surface area (Å²) in [6.07, 6.45) is 1.06. The summed E-state index contributed by atoms with van der Waals surface area (Å²) >= 11 is 0. The summed E-state index contributed by atoms with van der Waals surface area (Å²) in [4.78, 5) is 20.5. The Kier molecular flexibility index (Phi) is 6.03. The average molecular weight is 331 g/mol. The summed E-state index contributed by atoms with van der Waals surface area (Å²) < 4.78 is 13.6. The van der Waals surface area contributed by atoms with Gasteiger partial charge in [-0.1, -0.05) is 42.5 Å². The van der Waals surface area contributed by atoms with Gasteiger partial charge in [-0.25, -0.2) is 14.0 Å². The van der Waals surface area contributed by atoms with Gasteiger partial charge in [0.05, 0.1) is 0 Å². The molecule has 3 rings (SSSR count). The molecule has 0 unspecified atom stereocenters. The van der Waals surface area contributed by atoms with Crippen LogP contribution in [0.4, 0.5) is 4.39 Å². The van der Waals surface area contributed by atoms with E-state index >= 15 is 0 Å². The summed E-state index contributed by atoms with van der Waals surface area (Å²) in [7, 11) is 0. The van der Waals surface area contributed by atoms with Crippen molar-refractivity contribution in [2.24, 2.45) is 0 Å². The molecule has 126 valence electrons. The number of nitrogens with zero attached hydrogens (tertiary/aromatic N) is 1. The van der Waals surface area contributed by atoms with E-state index in [-0.39, 0.29) is 5.82 Å². The molecule has 0 saturated carbocycles.